The fraction of sp³-hybridized carbons (Fsp3) is 0.321. The van der Waals surface area contributed by atoms with Crippen LogP contribution in [-0.4, -0.2) is 51.2 Å². The van der Waals surface area contributed by atoms with E-state index in [-0.39, 0.29) is 0 Å². The van der Waals surface area contributed by atoms with Gasteiger partial charge in [0.05, 0.1) is 19.7 Å². The van der Waals surface area contributed by atoms with Crippen LogP contribution in [0.3, 0.4) is 0 Å². The van der Waals surface area contributed by atoms with Crippen molar-refractivity contribution in [3.8, 4) is 22.9 Å². The Bertz CT molecular complexity index is 1620. The van der Waals surface area contributed by atoms with Crippen LogP contribution in [-0.2, 0) is 0 Å². The normalized spacial score (nSPS) is 16.8. The van der Waals surface area contributed by atoms with Crippen molar-refractivity contribution in [3.05, 3.63) is 59.5 Å². The van der Waals surface area contributed by atoms with E-state index in [9.17, 15) is 0 Å². The van der Waals surface area contributed by atoms with Crippen molar-refractivity contribution in [2.24, 2.45) is 0 Å². The van der Waals surface area contributed by atoms with Gasteiger partial charge in [-0.05, 0) is 85.7 Å². The Hall–Kier alpha value is -3.89. The third-order valence-corrected chi connectivity index (χ3v) is 7.63. The summed E-state index contributed by atoms with van der Waals surface area (Å²) in [5.74, 6) is 1.17. The average Bonchev–Trinajstić information content (AvgIpc) is 3.50. The minimum atomic E-state index is 0.467. The molecule has 6 rings (SSSR count). The van der Waals surface area contributed by atoms with Crippen LogP contribution < -0.4 is 4.74 Å². The van der Waals surface area contributed by atoms with Gasteiger partial charge in [-0.3, -0.25) is 4.90 Å². The lowest BCUT2D eigenvalue weighted by atomic mass is 9.89. The van der Waals surface area contributed by atoms with Gasteiger partial charge in [0.25, 0.3) is 0 Å². The second-order valence-electron chi connectivity index (χ2n) is 9.58. The van der Waals surface area contributed by atoms with E-state index >= 15 is 0 Å². The number of hydrogen-bond acceptors (Lipinski definition) is 5. The largest absolute Gasteiger partial charge is 0.493 e. The standard InChI is InChI=1S/C28H28N6O/c1-17-18(2)27-23-11-19(20-5-4-9-33(14-20)10-8-29)6-7-24(23)32-25(27)13-22(17)21-12-26(35-3)28-30-16-31-34(28)15-21/h6-7,11-13,15-16,20,32H,4-5,9-10,14H2,1-3H3. The van der Waals surface area contributed by atoms with Crippen LogP contribution in [0.1, 0.15) is 35.4 Å². The number of pyridine rings is 1. The number of H-pyrrole nitrogens is 1. The van der Waals surface area contributed by atoms with E-state index in [1.165, 1.54) is 33.9 Å². The number of benzene rings is 2. The van der Waals surface area contributed by atoms with E-state index in [4.69, 9.17) is 10.00 Å². The highest BCUT2D eigenvalue weighted by atomic mass is 16.5. The Kier molecular flexibility index (Phi) is 5.19. The first-order valence-corrected chi connectivity index (χ1v) is 12.1. The lowest BCUT2D eigenvalue weighted by Crippen LogP contribution is -2.34. The van der Waals surface area contributed by atoms with Crippen molar-refractivity contribution < 1.29 is 4.74 Å². The Balaban J connectivity index is 1.47. The molecule has 1 N–H and O–H groups in total. The molecule has 5 aromatic rings. The van der Waals surface area contributed by atoms with Crippen LogP contribution in [0.25, 0.3) is 38.6 Å². The number of methoxy groups -OCH3 is 1. The number of nitrogens with one attached hydrogen (secondary N) is 1. The second-order valence-corrected chi connectivity index (χ2v) is 9.58. The molecule has 7 heteroatoms. The highest BCUT2D eigenvalue weighted by Gasteiger charge is 2.22. The van der Waals surface area contributed by atoms with Crippen molar-refractivity contribution in [2.75, 3.05) is 26.7 Å². The van der Waals surface area contributed by atoms with Crippen LogP contribution >= 0.6 is 0 Å². The van der Waals surface area contributed by atoms with Gasteiger partial charge in [0, 0.05) is 40.1 Å². The SMILES string of the molecule is COc1cc(-c2cc3[nH]c4ccc(C5CCCN(CC#N)C5)cc4c3c(C)c2C)cn2ncnc12. The van der Waals surface area contributed by atoms with Crippen molar-refractivity contribution in [2.45, 2.75) is 32.6 Å². The molecule has 1 aliphatic rings. The topological polar surface area (TPSA) is 82.2 Å². The zero-order valence-electron chi connectivity index (χ0n) is 20.3. The number of fused-ring (bicyclic) bond motifs is 4. The molecule has 1 aliphatic heterocycles. The zero-order valence-corrected chi connectivity index (χ0v) is 20.3. The first-order chi connectivity index (χ1) is 17.1. The molecule has 0 radical (unpaired) electrons. The predicted octanol–water partition coefficient (Wildman–Crippen LogP) is 5.36. The molecule has 0 aliphatic carbocycles. The fourth-order valence-electron chi connectivity index (χ4n) is 5.70. The molecule has 1 unspecified atom stereocenters. The van der Waals surface area contributed by atoms with Crippen molar-refractivity contribution in [1.29, 1.82) is 5.26 Å². The smallest absolute Gasteiger partial charge is 0.197 e. The second kappa shape index (κ2) is 8.40. The highest BCUT2D eigenvalue weighted by molar-refractivity contribution is 6.11. The monoisotopic (exact) mass is 464 g/mol. The van der Waals surface area contributed by atoms with Gasteiger partial charge in [-0.25, -0.2) is 9.50 Å². The maximum atomic E-state index is 9.13. The molecule has 176 valence electrons. The summed E-state index contributed by atoms with van der Waals surface area (Å²) in [5.41, 5.74) is 9.05. The average molecular weight is 465 g/mol. The molecule has 0 saturated carbocycles. The summed E-state index contributed by atoms with van der Waals surface area (Å²) in [6.07, 6.45) is 5.86. The molecule has 2 aromatic carbocycles. The maximum Gasteiger partial charge on any atom is 0.197 e. The summed E-state index contributed by atoms with van der Waals surface area (Å²) in [4.78, 5) is 10.2. The number of rotatable bonds is 4. The number of nitriles is 1. The van der Waals surface area contributed by atoms with E-state index in [1.807, 2.05) is 12.3 Å². The summed E-state index contributed by atoms with van der Waals surface area (Å²) in [5, 5.41) is 16.0. The van der Waals surface area contributed by atoms with Crippen LogP contribution in [0, 0.1) is 25.2 Å². The molecular weight excluding hydrogens is 436 g/mol. The maximum absolute atomic E-state index is 9.13. The Morgan fingerprint density at radius 3 is 2.89 bits per heavy atom. The van der Waals surface area contributed by atoms with Gasteiger partial charge in [0.2, 0.25) is 0 Å². The third kappa shape index (κ3) is 3.53. The number of aryl methyl sites for hydroxylation is 1. The number of piperidine rings is 1. The number of aromatic nitrogens is 4. The summed E-state index contributed by atoms with van der Waals surface area (Å²) in [7, 11) is 1.66. The number of nitrogens with zero attached hydrogens (tertiary/aromatic N) is 5. The molecular formula is C28H28N6O. The van der Waals surface area contributed by atoms with Crippen molar-refractivity contribution >= 4 is 27.5 Å². The summed E-state index contributed by atoms with van der Waals surface area (Å²) < 4.78 is 7.36. The molecule has 1 atom stereocenters. The Morgan fingerprint density at radius 1 is 1.17 bits per heavy atom. The first-order valence-electron chi connectivity index (χ1n) is 12.1. The Labute approximate surface area is 203 Å². The lowest BCUT2D eigenvalue weighted by molar-refractivity contribution is 0.230. The molecule has 0 spiro atoms. The lowest BCUT2D eigenvalue weighted by Gasteiger charge is -2.31. The molecule has 0 amide bonds. The third-order valence-electron chi connectivity index (χ3n) is 7.63. The van der Waals surface area contributed by atoms with Gasteiger partial charge in [-0.1, -0.05) is 6.07 Å². The van der Waals surface area contributed by atoms with Gasteiger partial charge in [0.1, 0.15) is 6.33 Å². The summed E-state index contributed by atoms with van der Waals surface area (Å²) in [6, 6.07) is 13.4. The molecule has 1 saturated heterocycles. The van der Waals surface area contributed by atoms with Gasteiger partial charge in [0.15, 0.2) is 11.4 Å². The molecule has 0 bridgehead atoms. The predicted molar refractivity (Wildman–Crippen MR) is 138 cm³/mol. The van der Waals surface area contributed by atoms with E-state index in [1.54, 1.807) is 18.0 Å². The van der Waals surface area contributed by atoms with E-state index in [0.717, 1.165) is 41.7 Å². The van der Waals surface area contributed by atoms with Gasteiger partial charge in [-0.15, -0.1) is 0 Å². The van der Waals surface area contributed by atoms with E-state index < -0.39 is 0 Å². The minimum Gasteiger partial charge on any atom is -0.493 e. The summed E-state index contributed by atoms with van der Waals surface area (Å²) >= 11 is 0. The van der Waals surface area contributed by atoms with Gasteiger partial charge in [-0.2, -0.15) is 10.4 Å². The quantitative estimate of drug-likeness (QED) is 0.362. The molecule has 7 nitrogen and oxygen atoms in total. The minimum absolute atomic E-state index is 0.467. The molecule has 4 heterocycles. The van der Waals surface area contributed by atoms with Gasteiger partial charge < -0.3 is 9.72 Å². The van der Waals surface area contributed by atoms with Crippen molar-refractivity contribution in [1.82, 2.24) is 24.5 Å². The molecule has 35 heavy (non-hydrogen) atoms. The zero-order chi connectivity index (χ0) is 24.1. The van der Waals surface area contributed by atoms with Gasteiger partial charge >= 0.3 is 0 Å². The highest BCUT2D eigenvalue weighted by Crippen LogP contribution is 2.38. The number of aromatic amines is 1. The number of ether oxygens (including phenoxy) is 1. The number of likely N-dealkylation sites (tertiary alicyclic amines) is 1. The van der Waals surface area contributed by atoms with Crippen LogP contribution in [0.5, 0.6) is 5.75 Å². The molecule has 3 aromatic heterocycles. The van der Waals surface area contributed by atoms with E-state index in [0.29, 0.717) is 23.9 Å². The first kappa shape index (κ1) is 21.6. The van der Waals surface area contributed by atoms with E-state index in [2.05, 4.69) is 64.1 Å². The molecule has 1 fully saturated rings. The fourth-order valence-corrected chi connectivity index (χ4v) is 5.70. The van der Waals surface area contributed by atoms with Crippen LogP contribution in [0.2, 0.25) is 0 Å². The van der Waals surface area contributed by atoms with Crippen molar-refractivity contribution in [3.63, 3.8) is 0 Å². The number of hydrogen-bond donors (Lipinski definition) is 1. The van der Waals surface area contributed by atoms with Crippen LogP contribution in [0.15, 0.2) is 42.9 Å². The Morgan fingerprint density at radius 2 is 2.06 bits per heavy atom. The van der Waals surface area contributed by atoms with Crippen LogP contribution in [0.4, 0.5) is 0 Å². The summed E-state index contributed by atoms with van der Waals surface area (Å²) in [6.45, 7) is 6.88.